The maximum atomic E-state index is 5.91. The van der Waals surface area contributed by atoms with E-state index in [2.05, 4.69) is 22.2 Å². The second-order valence-corrected chi connectivity index (χ2v) is 5.12. The zero-order valence-electron chi connectivity index (χ0n) is 9.83. The summed E-state index contributed by atoms with van der Waals surface area (Å²) in [6, 6.07) is 2.34. The van der Waals surface area contributed by atoms with Crippen molar-refractivity contribution in [1.82, 2.24) is 9.97 Å². The van der Waals surface area contributed by atoms with Crippen LogP contribution in [-0.4, -0.2) is 16.0 Å². The Morgan fingerprint density at radius 2 is 2.19 bits per heavy atom. The number of halogens is 1. The average Bonchev–Trinajstić information content (AvgIpc) is 2.15. The van der Waals surface area contributed by atoms with E-state index in [-0.39, 0.29) is 0 Å². The molecule has 3 nitrogen and oxygen atoms in total. The highest BCUT2D eigenvalue weighted by molar-refractivity contribution is 6.29. The van der Waals surface area contributed by atoms with Crippen LogP contribution in [0, 0.1) is 12.8 Å². The molecule has 1 N–H and O–H groups in total. The molecule has 2 unspecified atom stereocenters. The lowest BCUT2D eigenvalue weighted by molar-refractivity contribution is 0.358. The van der Waals surface area contributed by atoms with Gasteiger partial charge in [-0.1, -0.05) is 31.4 Å². The van der Waals surface area contributed by atoms with Crippen molar-refractivity contribution in [3.05, 3.63) is 17.0 Å². The minimum atomic E-state index is 0.513. The molecule has 1 aliphatic carbocycles. The number of nitrogens with zero attached hydrogens (tertiary/aromatic N) is 2. The van der Waals surface area contributed by atoms with Gasteiger partial charge in [0.05, 0.1) is 0 Å². The van der Waals surface area contributed by atoms with Gasteiger partial charge in [-0.3, -0.25) is 0 Å². The molecule has 4 heteroatoms. The summed E-state index contributed by atoms with van der Waals surface area (Å²) in [7, 11) is 0. The quantitative estimate of drug-likeness (QED) is 0.804. The Hall–Kier alpha value is -0.830. The van der Waals surface area contributed by atoms with Crippen molar-refractivity contribution in [3.8, 4) is 0 Å². The van der Waals surface area contributed by atoms with Crippen LogP contribution in [-0.2, 0) is 0 Å². The Labute approximate surface area is 102 Å². The van der Waals surface area contributed by atoms with Crippen molar-refractivity contribution in [2.45, 2.75) is 45.6 Å². The molecule has 2 rings (SSSR count). The van der Waals surface area contributed by atoms with Gasteiger partial charge in [-0.15, -0.1) is 0 Å². The molecule has 16 heavy (non-hydrogen) atoms. The third-order valence-electron chi connectivity index (χ3n) is 3.10. The van der Waals surface area contributed by atoms with Crippen LogP contribution in [0.4, 0.5) is 5.82 Å². The van der Waals surface area contributed by atoms with Crippen LogP contribution in [0.2, 0.25) is 5.15 Å². The van der Waals surface area contributed by atoms with Crippen LogP contribution < -0.4 is 5.32 Å². The lowest BCUT2D eigenvalue weighted by Crippen LogP contribution is -2.26. The van der Waals surface area contributed by atoms with Crippen LogP contribution in [0.1, 0.15) is 38.4 Å². The number of hydrogen-bond donors (Lipinski definition) is 1. The van der Waals surface area contributed by atoms with Gasteiger partial charge >= 0.3 is 0 Å². The summed E-state index contributed by atoms with van der Waals surface area (Å²) < 4.78 is 0. The number of rotatable bonds is 2. The van der Waals surface area contributed by atoms with Gasteiger partial charge < -0.3 is 5.32 Å². The molecule has 1 fully saturated rings. The average molecular weight is 240 g/mol. The molecular weight excluding hydrogens is 222 g/mol. The Balaban J connectivity index is 2.02. The molecular formula is C12H18ClN3. The summed E-state index contributed by atoms with van der Waals surface area (Å²) in [6.07, 6.45) is 5.10. The lowest BCUT2D eigenvalue weighted by Gasteiger charge is -2.27. The van der Waals surface area contributed by atoms with Crippen LogP contribution in [0.5, 0.6) is 0 Å². The van der Waals surface area contributed by atoms with Gasteiger partial charge in [0, 0.05) is 12.1 Å². The van der Waals surface area contributed by atoms with Crippen LogP contribution in [0.15, 0.2) is 6.07 Å². The molecule has 1 saturated carbocycles. The minimum absolute atomic E-state index is 0.513. The first-order valence-electron chi connectivity index (χ1n) is 5.91. The standard InChI is InChI=1S/C12H18ClN3/c1-8-4-3-5-10(6-8)16-12-7-11(13)14-9(2)15-12/h7-8,10H,3-6H2,1-2H3,(H,14,15,16). The number of nitrogens with one attached hydrogen (secondary N) is 1. The second-order valence-electron chi connectivity index (χ2n) is 4.74. The van der Waals surface area contributed by atoms with Gasteiger partial charge in [-0.25, -0.2) is 9.97 Å². The normalized spacial score (nSPS) is 25.4. The first kappa shape index (κ1) is 11.6. The van der Waals surface area contributed by atoms with E-state index >= 15 is 0 Å². The predicted molar refractivity (Wildman–Crippen MR) is 66.8 cm³/mol. The maximum absolute atomic E-state index is 5.91. The minimum Gasteiger partial charge on any atom is -0.367 e. The molecule has 1 aromatic heterocycles. The third-order valence-corrected chi connectivity index (χ3v) is 3.29. The number of hydrogen-bond acceptors (Lipinski definition) is 3. The van der Waals surface area contributed by atoms with E-state index in [1.807, 2.05) is 6.92 Å². The van der Waals surface area contributed by atoms with E-state index in [1.165, 1.54) is 25.7 Å². The summed E-state index contributed by atoms with van der Waals surface area (Å²) in [5.41, 5.74) is 0. The van der Waals surface area contributed by atoms with E-state index < -0.39 is 0 Å². The van der Waals surface area contributed by atoms with E-state index in [0.717, 1.165) is 17.6 Å². The van der Waals surface area contributed by atoms with Gasteiger partial charge in [0.1, 0.15) is 16.8 Å². The van der Waals surface area contributed by atoms with Crippen molar-refractivity contribution in [3.63, 3.8) is 0 Å². The summed E-state index contributed by atoms with van der Waals surface area (Å²) in [5.74, 6) is 2.39. The van der Waals surface area contributed by atoms with E-state index in [9.17, 15) is 0 Å². The SMILES string of the molecule is Cc1nc(Cl)cc(NC2CCCC(C)C2)n1. The van der Waals surface area contributed by atoms with Gasteiger partial charge in [-0.2, -0.15) is 0 Å². The molecule has 1 heterocycles. The fraction of sp³-hybridized carbons (Fsp3) is 0.667. The molecule has 0 bridgehead atoms. The summed E-state index contributed by atoms with van der Waals surface area (Å²) in [6.45, 7) is 4.17. The highest BCUT2D eigenvalue weighted by Gasteiger charge is 2.19. The zero-order valence-corrected chi connectivity index (χ0v) is 10.6. The predicted octanol–water partition coefficient (Wildman–Crippen LogP) is 3.43. The molecule has 0 spiro atoms. The fourth-order valence-electron chi connectivity index (χ4n) is 2.38. The first-order valence-corrected chi connectivity index (χ1v) is 6.29. The highest BCUT2D eigenvalue weighted by Crippen LogP contribution is 2.26. The number of aromatic nitrogens is 2. The molecule has 0 radical (unpaired) electrons. The summed E-state index contributed by atoms with van der Waals surface area (Å²) in [5, 5.41) is 3.97. The topological polar surface area (TPSA) is 37.8 Å². The Morgan fingerprint density at radius 1 is 1.38 bits per heavy atom. The van der Waals surface area contributed by atoms with E-state index in [1.54, 1.807) is 6.07 Å². The third kappa shape index (κ3) is 3.08. The molecule has 0 saturated heterocycles. The van der Waals surface area contributed by atoms with Crippen molar-refractivity contribution in [2.75, 3.05) is 5.32 Å². The molecule has 1 aliphatic rings. The molecule has 1 aromatic rings. The summed E-state index contributed by atoms with van der Waals surface area (Å²) >= 11 is 5.91. The Kier molecular flexibility index (Phi) is 3.64. The van der Waals surface area contributed by atoms with Gasteiger partial charge in [0.25, 0.3) is 0 Å². The monoisotopic (exact) mass is 239 g/mol. The molecule has 0 aliphatic heterocycles. The van der Waals surface area contributed by atoms with Gasteiger partial charge in [0.15, 0.2) is 0 Å². The largest absolute Gasteiger partial charge is 0.367 e. The number of aryl methyl sites for hydroxylation is 1. The van der Waals surface area contributed by atoms with Crippen LogP contribution in [0.25, 0.3) is 0 Å². The van der Waals surface area contributed by atoms with Gasteiger partial charge in [-0.05, 0) is 25.7 Å². The van der Waals surface area contributed by atoms with Crippen molar-refractivity contribution >= 4 is 17.4 Å². The first-order chi connectivity index (χ1) is 7.63. The van der Waals surface area contributed by atoms with E-state index in [4.69, 9.17) is 11.6 Å². The van der Waals surface area contributed by atoms with Crippen molar-refractivity contribution < 1.29 is 0 Å². The lowest BCUT2D eigenvalue weighted by atomic mass is 9.87. The van der Waals surface area contributed by atoms with E-state index in [0.29, 0.717) is 11.2 Å². The van der Waals surface area contributed by atoms with Crippen LogP contribution >= 0.6 is 11.6 Å². The Morgan fingerprint density at radius 3 is 2.88 bits per heavy atom. The van der Waals surface area contributed by atoms with Crippen molar-refractivity contribution in [1.29, 1.82) is 0 Å². The molecule has 0 aromatic carbocycles. The maximum Gasteiger partial charge on any atom is 0.134 e. The van der Waals surface area contributed by atoms with Gasteiger partial charge in [0.2, 0.25) is 0 Å². The summed E-state index contributed by atoms with van der Waals surface area (Å²) in [4.78, 5) is 8.40. The molecule has 0 amide bonds. The molecule has 88 valence electrons. The smallest absolute Gasteiger partial charge is 0.134 e. The van der Waals surface area contributed by atoms with Crippen LogP contribution in [0.3, 0.4) is 0 Å². The molecule has 2 atom stereocenters. The second kappa shape index (κ2) is 5.00. The zero-order chi connectivity index (χ0) is 11.5. The Bertz CT molecular complexity index is 347. The number of anilines is 1. The fourth-order valence-corrected chi connectivity index (χ4v) is 2.61. The highest BCUT2D eigenvalue weighted by atomic mass is 35.5. The van der Waals surface area contributed by atoms with Crippen molar-refractivity contribution in [2.24, 2.45) is 5.92 Å².